The van der Waals surface area contributed by atoms with Crippen molar-refractivity contribution >= 4 is 11.7 Å². The molecule has 3 rings (SSSR count). The molecule has 0 aliphatic heterocycles. The summed E-state index contributed by atoms with van der Waals surface area (Å²) in [6.45, 7) is 0. The third kappa shape index (κ3) is 2.57. The number of nitrogens with zero attached hydrogens (tertiary/aromatic N) is 1. The van der Waals surface area contributed by atoms with Gasteiger partial charge in [0.05, 0.1) is 6.20 Å². The Balaban J connectivity index is 1.80. The van der Waals surface area contributed by atoms with Crippen molar-refractivity contribution in [2.24, 2.45) is 0 Å². The summed E-state index contributed by atoms with van der Waals surface area (Å²) in [6, 6.07) is 16.9. The maximum Gasteiger partial charge on any atom is 0.299 e. The first kappa shape index (κ1) is 11.3. The lowest BCUT2D eigenvalue weighted by Gasteiger charge is -2.01. The molecule has 0 aliphatic carbocycles. The minimum absolute atomic E-state index is 0.225. The third-order valence-corrected chi connectivity index (χ3v) is 2.68. The molecule has 0 saturated carbocycles. The molecule has 0 spiro atoms. The van der Waals surface area contributed by atoms with Gasteiger partial charge in [-0.1, -0.05) is 30.3 Å². The predicted molar refractivity (Wildman–Crippen MR) is 73.3 cm³/mol. The average Bonchev–Trinajstić information content (AvgIpc) is 2.91. The van der Waals surface area contributed by atoms with E-state index in [-0.39, 0.29) is 5.75 Å². The van der Waals surface area contributed by atoms with Gasteiger partial charge in [0, 0.05) is 11.3 Å². The number of phenols is 1. The monoisotopic (exact) mass is 252 g/mol. The van der Waals surface area contributed by atoms with Gasteiger partial charge >= 0.3 is 0 Å². The molecule has 0 amide bonds. The van der Waals surface area contributed by atoms with E-state index in [1.165, 1.54) is 0 Å². The highest BCUT2D eigenvalue weighted by molar-refractivity contribution is 5.59. The number of rotatable bonds is 3. The van der Waals surface area contributed by atoms with Crippen LogP contribution >= 0.6 is 0 Å². The number of hydrogen-bond donors (Lipinski definition) is 2. The fourth-order valence-electron chi connectivity index (χ4n) is 1.74. The van der Waals surface area contributed by atoms with Crippen molar-refractivity contribution in [1.29, 1.82) is 0 Å². The first-order chi connectivity index (χ1) is 9.31. The van der Waals surface area contributed by atoms with Crippen LogP contribution in [0.3, 0.4) is 0 Å². The van der Waals surface area contributed by atoms with Crippen LogP contribution in [0.15, 0.2) is 65.2 Å². The van der Waals surface area contributed by atoms with Gasteiger partial charge in [-0.2, -0.15) is 0 Å². The number of aromatic nitrogens is 1. The summed E-state index contributed by atoms with van der Waals surface area (Å²) in [7, 11) is 0. The number of anilines is 2. The summed E-state index contributed by atoms with van der Waals surface area (Å²) in [4.78, 5) is 4.17. The lowest BCUT2D eigenvalue weighted by Crippen LogP contribution is -1.88. The van der Waals surface area contributed by atoms with E-state index < -0.39 is 0 Å². The fraction of sp³-hybridized carbons (Fsp3) is 0. The molecule has 0 bridgehead atoms. The lowest BCUT2D eigenvalue weighted by molar-refractivity contribution is 0.475. The predicted octanol–water partition coefficient (Wildman–Crippen LogP) is 3.79. The summed E-state index contributed by atoms with van der Waals surface area (Å²) in [6.07, 6.45) is 1.68. The molecule has 4 heteroatoms. The topological polar surface area (TPSA) is 58.3 Å². The Morgan fingerprint density at radius 1 is 0.947 bits per heavy atom. The zero-order valence-corrected chi connectivity index (χ0v) is 10.1. The van der Waals surface area contributed by atoms with Crippen molar-refractivity contribution in [3.8, 4) is 17.1 Å². The number of aromatic hydroxyl groups is 1. The van der Waals surface area contributed by atoms with Gasteiger partial charge in [-0.25, -0.2) is 4.98 Å². The molecule has 2 aromatic carbocycles. The molecule has 1 heterocycles. The fourth-order valence-corrected chi connectivity index (χ4v) is 1.74. The van der Waals surface area contributed by atoms with Gasteiger partial charge in [0.1, 0.15) is 5.75 Å². The molecule has 0 aliphatic rings. The van der Waals surface area contributed by atoms with Crippen LogP contribution in [0.1, 0.15) is 0 Å². The molecule has 0 fully saturated rings. The lowest BCUT2D eigenvalue weighted by atomic mass is 10.2. The zero-order valence-electron chi connectivity index (χ0n) is 10.1. The Bertz CT molecular complexity index is 660. The van der Waals surface area contributed by atoms with Gasteiger partial charge in [-0.15, -0.1) is 0 Å². The molecule has 3 aromatic rings. The van der Waals surface area contributed by atoms with E-state index in [1.807, 2.05) is 30.3 Å². The van der Waals surface area contributed by atoms with Crippen molar-refractivity contribution in [3.63, 3.8) is 0 Å². The first-order valence-corrected chi connectivity index (χ1v) is 5.88. The van der Waals surface area contributed by atoms with Crippen molar-refractivity contribution in [1.82, 2.24) is 4.98 Å². The molecular formula is C15H12N2O2. The van der Waals surface area contributed by atoms with Crippen LogP contribution in [-0.4, -0.2) is 10.1 Å². The molecule has 0 radical (unpaired) electrons. The number of oxazole rings is 1. The van der Waals surface area contributed by atoms with E-state index in [0.717, 1.165) is 11.3 Å². The Morgan fingerprint density at radius 3 is 2.42 bits per heavy atom. The molecule has 1 aromatic heterocycles. The van der Waals surface area contributed by atoms with E-state index in [9.17, 15) is 5.11 Å². The summed E-state index contributed by atoms with van der Waals surface area (Å²) < 4.78 is 5.62. The normalized spacial score (nSPS) is 10.3. The molecule has 2 N–H and O–H groups in total. The van der Waals surface area contributed by atoms with Crippen molar-refractivity contribution in [2.75, 3.05) is 5.32 Å². The minimum atomic E-state index is 0.225. The SMILES string of the molecule is Oc1ccc(Nc2ncc(-c3ccccc3)o2)cc1. The molecule has 19 heavy (non-hydrogen) atoms. The van der Waals surface area contributed by atoms with Crippen LogP contribution in [0.25, 0.3) is 11.3 Å². The smallest absolute Gasteiger partial charge is 0.299 e. The van der Waals surface area contributed by atoms with Gasteiger partial charge in [0.25, 0.3) is 6.01 Å². The van der Waals surface area contributed by atoms with Gasteiger partial charge in [0.2, 0.25) is 0 Å². The second-order valence-electron chi connectivity index (χ2n) is 4.07. The van der Waals surface area contributed by atoms with Crippen LogP contribution < -0.4 is 5.32 Å². The highest BCUT2D eigenvalue weighted by atomic mass is 16.4. The van der Waals surface area contributed by atoms with Crippen LogP contribution in [0.5, 0.6) is 5.75 Å². The second-order valence-corrected chi connectivity index (χ2v) is 4.07. The van der Waals surface area contributed by atoms with Gasteiger partial charge in [-0.05, 0) is 24.3 Å². The Hall–Kier alpha value is -2.75. The average molecular weight is 252 g/mol. The Morgan fingerprint density at radius 2 is 1.68 bits per heavy atom. The minimum Gasteiger partial charge on any atom is -0.508 e. The van der Waals surface area contributed by atoms with E-state index in [2.05, 4.69) is 10.3 Å². The van der Waals surface area contributed by atoms with E-state index in [1.54, 1.807) is 30.5 Å². The molecule has 4 nitrogen and oxygen atoms in total. The largest absolute Gasteiger partial charge is 0.508 e. The Kier molecular flexibility index (Phi) is 2.90. The summed E-state index contributed by atoms with van der Waals surface area (Å²) in [5.41, 5.74) is 1.79. The number of hydrogen-bond acceptors (Lipinski definition) is 4. The van der Waals surface area contributed by atoms with Gasteiger partial charge < -0.3 is 14.8 Å². The third-order valence-electron chi connectivity index (χ3n) is 2.68. The second kappa shape index (κ2) is 4.86. The maximum absolute atomic E-state index is 9.21. The zero-order chi connectivity index (χ0) is 13.1. The highest BCUT2D eigenvalue weighted by Gasteiger charge is 2.05. The number of nitrogens with one attached hydrogen (secondary N) is 1. The molecule has 0 atom stereocenters. The molecular weight excluding hydrogens is 240 g/mol. The summed E-state index contributed by atoms with van der Waals surface area (Å²) >= 11 is 0. The van der Waals surface area contributed by atoms with Crippen LogP contribution in [0, 0.1) is 0 Å². The van der Waals surface area contributed by atoms with Gasteiger partial charge in [0.15, 0.2) is 5.76 Å². The number of phenolic OH excluding ortho intramolecular Hbond substituents is 1. The van der Waals surface area contributed by atoms with Crippen molar-refractivity contribution < 1.29 is 9.52 Å². The summed E-state index contributed by atoms with van der Waals surface area (Å²) in [5.74, 6) is 0.935. The maximum atomic E-state index is 9.21. The quantitative estimate of drug-likeness (QED) is 0.696. The van der Waals surface area contributed by atoms with Crippen LogP contribution in [0.2, 0.25) is 0 Å². The van der Waals surface area contributed by atoms with E-state index >= 15 is 0 Å². The number of benzene rings is 2. The first-order valence-electron chi connectivity index (χ1n) is 5.88. The highest BCUT2D eigenvalue weighted by Crippen LogP contribution is 2.24. The van der Waals surface area contributed by atoms with E-state index in [0.29, 0.717) is 11.8 Å². The van der Waals surface area contributed by atoms with Crippen LogP contribution in [0.4, 0.5) is 11.7 Å². The van der Waals surface area contributed by atoms with E-state index in [4.69, 9.17) is 4.42 Å². The molecule has 0 saturated heterocycles. The summed E-state index contributed by atoms with van der Waals surface area (Å²) in [5, 5.41) is 12.2. The van der Waals surface area contributed by atoms with Crippen molar-refractivity contribution in [2.45, 2.75) is 0 Å². The standard InChI is InChI=1S/C15H12N2O2/c18-13-8-6-12(7-9-13)17-15-16-10-14(19-15)11-4-2-1-3-5-11/h1-10,18H,(H,16,17). The van der Waals surface area contributed by atoms with Crippen molar-refractivity contribution in [3.05, 3.63) is 60.8 Å². The Labute approximate surface area is 110 Å². The van der Waals surface area contributed by atoms with Gasteiger partial charge in [-0.3, -0.25) is 0 Å². The van der Waals surface area contributed by atoms with Crippen LogP contribution in [-0.2, 0) is 0 Å². The molecule has 94 valence electrons. The molecule has 0 unspecified atom stereocenters.